The van der Waals surface area contributed by atoms with E-state index in [1.165, 1.54) is 0 Å². The maximum atomic E-state index is 12.4. The van der Waals surface area contributed by atoms with Gasteiger partial charge in [-0.3, -0.25) is 4.79 Å². The molecule has 0 radical (unpaired) electrons. The number of benzene rings is 1. The summed E-state index contributed by atoms with van der Waals surface area (Å²) in [4.78, 5) is 14.2. The summed E-state index contributed by atoms with van der Waals surface area (Å²) in [5.41, 5.74) is 7.11. The number of carbonyl (C=O) groups is 1. The summed E-state index contributed by atoms with van der Waals surface area (Å²) in [6, 6.07) is 7.62. The van der Waals surface area contributed by atoms with Crippen molar-refractivity contribution in [1.29, 1.82) is 0 Å². The molecule has 22 heavy (non-hydrogen) atoms. The Labute approximate surface area is 146 Å². The molecule has 1 unspecified atom stereocenters. The van der Waals surface area contributed by atoms with Gasteiger partial charge in [-0.25, -0.2) is 0 Å². The summed E-state index contributed by atoms with van der Waals surface area (Å²) in [5.74, 6) is 0.460. The molecule has 1 aliphatic rings. The van der Waals surface area contributed by atoms with Gasteiger partial charge in [-0.15, -0.1) is 12.4 Å². The number of ether oxygens (including phenoxy) is 1. The van der Waals surface area contributed by atoms with E-state index in [0.29, 0.717) is 25.6 Å². The summed E-state index contributed by atoms with van der Waals surface area (Å²) in [7, 11) is 0. The zero-order chi connectivity index (χ0) is 15.4. The molecule has 1 amide bonds. The second kappa shape index (κ2) is 8.87. The van der Waals surface area contributed by atoms with Crippen molar-refractivity contribution in [2.45, 2.75) is 32.4 Å². The number of hydrogen-bond donors (Lipinski definition) is 1. The van der Waals surface area contributed by atoms with Gasteiger partial charge in [0.05, 0.1) is 19.2 Å². The Morgan fingerprint density at radius 1 is 1.41 bits per heavy atom. The summed E-state index contributed by atoms with van der Waals surface area (Å²) in [5, 5.41) is 0. The molecule has 1 fully saturated rings. The SMILES string of the molecule is CC(C)C[C@H](N)C(=O)N1CCOC(c2ccc(Br)cc2)C1.Cl. The second-order valence-corrected chi connectivity index (χ2v) is 6.85. The van der Waals surface area contributed by atoms with Crippen LogP contribution in [0.15, 0.2) is 28.7 Å². The van der Waals surface area contributed by atoms with Gasteiger partial charge in [-0.2, -0.15) is 0 Å². The largest absolute Gasteiger partial charge is 0.370 e. The lowest BCUT2D eigenvalue weighted by molar-refractivity contribution is -0.140. The minimum Gasteiger partial charge on any atom is -0.370 e. The normalized spacial score (nSPS) is 19.7. The predicted molar refractivity (Wildman–Crippen MR) is 94.1 cm³/mol. The van der Waals surface area contributed by atoms with Crippen molar-refractivity contribution < 1.29 is 9.53 Å². The van der Waals surface area contributed by atoms with Crippen LogP contribution in [0.25, 0.3) is 0 Å². The smallest absolute Gasteiger partial charge is 0.239 e. The van der Waals surface area contributed by atoms with Crippen LogP contribution >= 0.6 is 28.3 Å². The first-order chi connectivity index (χ1) is 9.97. The Balaban J connectivity index is 0.00000242. The van der Waals surface area contributed by atoms with Gasteiger partial charge < -0.3 is 15.4 Å². The molecular formula is C16H24BrClN2O2. The second-order valence-electron chi connectivity index (χ2n) is 5.93. The third-order valence-electron chi connectivity index (χ3n) is 3.66. The number of morpholine rings is 1. The van der Waals surface area contributed by atoms with Crippen LogP contribution in [0.1, 0.15) is 31.9 Å². The third kappa shape index (κ3) is 5.23. The van der Waals surface area contributed by atoms with E-state index in [9.17, 15) is 4.79 Å². The lowest BCUT2D eigenvalue weighted by Crippen LogP contribution is -2.49. The fourth-order valence-corrected chi connectivity index (χ4v) is 2.84. The molecular weight excluding hydrogens is 368 g/mol. The van der Waals surface area contributed by atoms with Crippen LogP contribution in [0.5, 0.6) is 0 Å². The molecule has 1 saturated heterocycles. The zero-order valence-electron chi connectivity index (χ0n) is 13.0. The quantitative estimate of drug-likeness (QED) is 0.858. The van der Waals surface area contributed by atoms with Crippen molar-refractivity contribution in [3.63, 3.8) is 0 Å². The van der Waals surface area contributed by atoms with Gasteiger partial charge >= 0.3 is 0 Å². The van der Waals surface area contributed by atoms with Gasteiger partial charge in [0.2, 0.25) is 5.91 Å². The predicted octanol–water partition coefficient (Wildman–Crippen LogP) is 3.14. The zero-order valence-corrected chi connectivity index (χ0v) is 15.4. The third-order valence-corrected chi connectivity index (χ3v) is 4.19. The summed E-state index contributed by atoms with van der Waals surface area (Å²) < 4.78 is 6.83. The van der Waals surface area contributed by atoms with E-state index in [1.54, 1.807) is 0 Å². The number of carbonyl (C=O) groups excluding carboxylic acids is 1. The maximum Gasteiger partial charge on any atom is 0.239 e. The first-order valence-electron chi connectivity index (χ1n) is 7.39. The Hall–Kier alpha value is -0.620. The molecule has 0 bridgehead atoms. The number of rotatable bonds is 4. The summed E-state index contributed by atoms with van der Waals surface area (Å²) in [6.07, 6.45) is 0.654. The lowest BCUT2D eigenvalue weighted by atomic mass is 10.0. The van der Waals surface area contributed by atoms with Gasteiger partial charge in [0.1, 0.15) is 6.10 Å². The number of nitrogens with two attached hydrogens (primary N) is 1. The average molecular weight is 392 g/mol. The van der Waals surface area contributed by atoms with E-state index in [2.05, 4.69) is 29.8 Å². The Kier molecular flexibility index (Phi) is 7.83. The van der Waals surface area contributed by atoms with Crippen LogP contribution in [0.2, 0.25) is 0 Å². The monoisotopic (exact) mass is 390 g/mol. The van der Waals surface area contributed by atoms with Crippen molar-refractivity contribution in [2.75, 3.05) is 19.7 Å². The molecule has 2 atom stereocenters. The number of nitrogens with zero attached hydrogens (tertiary/aromatic N) is 1. The van der Waals surface area contributed by atoms with E-state index >= 15 is 0 Å². The molecule has 2 N–H and O–H groups in total. The van der Waals surface area contributed by atoms with Crippen molar-refractivity contribution >= 4 is 34.2 Å². The highest BCUT2D eigenvalue weighted by atomic mass is 79.9. The van der Waals surface area contributed by atoms with Crippen LogP contribution < -0.4 is 5.73 Å². The molecule has 2 rings (SSSR count). The Bertz CT molecular complexity index is 482. The lowest BCUT2D eigenvalue weighted by Gasteiger charge is -2.34. The first-order valence-corrected chi connectivity index (χ1v) is 8.18. The average Bonchev–Trinajstić information content (AvgIpc) is 2.46. The van der Waals surface area contributed by atoms with Crippen molar-refractivity contribution in [3.8, 4) is 0 Å². The number of amides is 1. The van der Waals surface area contributed by atoms with Gasteiger partial charge in [-0.05, 0) is 30.0 Å². The highest BCUT2D eigenvalue weighted by Crippen LogP contribution is 2.24. The van der Waals surface area contributed by atoms with Gasteiger partial charge in [0, 0.05) is 11.0 Å². The van der Waals surface area contributed by atoms with E-state index < -0.39 is 6.04 Å². The molecule has 1 aromatic rings. The van der Waals surface area contributed by atoms with Gasteiger partial charge in [0.25, 0.3) is 0 Å². The maximum absolute atomic E-state index is 12.4. The molecule has 1 aliphatic heterocycles. The fraction of sp³-hybridized carbons (Fsp3) is 0.562. The molecule has 0 aromatic heterocycles. The van der Waals surface area contributed by atoms with Crippen molar-refractivity contribution in [3.05, 3.63) is 34.3 Å². The minimum absolute atomic E-state index is 0. The van der Waals surface area contributed by atoms with E-state index in [1.807, 2.05) is 29.2 Å². The molecule has 1 heterocycles. The van der Waals surface area contributed by atoms with Crippen molar-refractivity contribution in [2.24, 2.45) is 11.7 Å². The number of hydrogen-bond acceptors (Lipinski definition) is 3. The number of halogens is 2. The van der Waals surface area contributed by atoms with Crippen molar-refractivity contribution in [1.82, 2.24) is 4.90 Å². The topological polar surface area (TPSA) is 55.6 Å². The van der Waals surface area contributed by atoms with Crippen LogP contribution in [0, 0.1) is 5.92 Å². The fourth-order valence-electron chi connectivity index (χ4n) is 2.57. The first kappa shape index (κ1) is 19.4. The van der Waals surface area contributed by atoms with Gasteiger partial charge in [-0.1, -0.05) is 41.9 Å². The molecule has 4 nitrogen and oxygen atoms in total. The molecule has 0 aliphatic carbocycles. The van der Waals surface area contributed by atoms with E-state index in [-0.39, 0.29) is 24.4 Å². The summed E-state index contributed by atoms with van der Waals surface area (Å²) in [6.45, 7) is 5.92. The molecule has 0 saturated carbocycles. The molecule has 6 heteroatoms. The molecule has 0 spiro atoms. The Morgan fingerprint density at radius 2 is 2.05 bits per heavy atom. The summed E-state index contributed by atoms with van der Waals surface area (Å²) >= 11 is 3.42. The van der Waals surface area contributed by atoms with Crippen LogP contribution in [-0.4, -0.2) is 36.5 Å². The highest BCUT2D eigenvalue weighted by Gasteiger charge is 2.28. The van der Waals surface area contributed by atoms with Crippen LogP contribution in [-0.2, 0) is 9.53 Å². The highest BCUT2D eigenvalue weighted by molar-refractivity contribution is 9.10. The Morgan fingerprint density at radius 3 is 2.64 bits per heavy atom. The standard InChI is InChI=1S/C16H23BrN2O2.ClH/c1-11(2)9-14(18)16(20)19-7-8-21-15(10-19)12-3-5-13(17)6-4-12;/h3-6,11,14-15H,7-10,18H2,1-2H3;1H/t14-,15?;/m0./s1. The molecule has 124 valence electrons. The van der Waals surface area contributed by atoms with Crippen LogP contribution in [0.4, 0.5) is 0 Å². The van der Waals surface area contributed by atoms with Crippen LogP contribution in [0.3, 0.4) is 0 Å². The molecule has 1 aromatic carbocycles. The van der Waals surface area contributed by atoms with E-state index in [4.69, 9.17) is 10.5 Å². The van der Waals surface area contributed by atoms with Gasteiger partial charge in [0.15, 0.2) is 0 Å². The van der Waals surface area contributed by atoms with E-state index in [0.717, 1.165) is 16.5 Å². The minimum atomic E-state index is -0.409.